The minimum absolute atomic E-state index is 0.671. The molecular weight excluding hydrogens is 284 g/mol. The maximum Gasteiger partial charge on any atom is 0.137 e. The van der Waals surface area contributed by atoms with Gasteiger partial charge in [-0.25, -0.2) is 4.98 Å². The predicted octanol–water partition coefficient (Wildman–Crippen LogP) is 2.65. The van der Waals surface area contributed by atoms with Gasteiger partial charge in [-0.3, -0.25) is 4.90 Å². The Morgan fingerprint density at radius 3 is 2.65 bits per heavy atom. The fourth-order valence-corrected chi connectivity index (χ4v) is 3.00. The number of pyridine rings is 1. The van der Waals surface area contributed by atoms with Crippen LogP contribution in [0.15, 0.2) is 54.7 Å². The van der Waals surface area contributed by atoms with Crippen molar-refractivity contribution in [2.24, 2.45) is 5.73 Å². The van der Waals surface area contributed by atoms with Crippen LogP contribution in [0.1, 0.15) is 17.0 Å². The monoisotopic (exact) mass is 308 g/mol. The molecule has 2 heterocycles. The number of nitrogens with two attached hydrogens (primary N) is 1. The third-order valence-corrected chi connectivity index (χ3v) is 4.19. The number of rotatable bonds is 7. The summed E-state index contributed by atoms with van der Waals surface area (Å²) >= 11 is 0. The quantitative estimate of drug-likeness (QED) is 0.730. The first kappa shape index (κ1) is 15.7. The van der Waals surface area contributed by atoms with Crippen LogP contribution in [0, 0.1) is 6.92 Å². The lowest BCUT2D eigenvalue weighted by Gasteiger charge is -2.21. The maximum atomic E-state index is 5.81. The van der Waals surface area contributed by atoms with Crippen molar-refractivity contribution in [1.29, 1.82) is 0 Å². The zero-order valence-electron chi connectivity index (χ0n) is 13.7. The van der Waals surface area contributed by atoms with Crippen LogP contribution in [-0.4, -0.2) is 33.9 Å². The van der Waals surface area contributed by atoms with Crippen molar-refractivity contribution in [3.63, 3.8) is 0 Å². The van der Waals surface area contributed by atoms with Gasteiger partial charge in [0.25, 0.3) is 0 Å². The molecule has 3 aromatic rings. The maximum absolute atomic E-state index is 5.81. The van der Waals surface area contributed by atoms with Crippen LogP contribution in [0.3, 0.4) is 0 Å². The topological polar surface area (TPSA) is 46.6 Å². The Balaban J connectivity index is 1.73. The van der Waals surface area contributed by atoms with E-state index >= 15 is 0 Å². The number of hydrogen-bond acceptors (Lipinski definition) is 3. The van der Waals surface area contributed by atoms with Gasteiger partial charge in [-0.2, -0.15) is 0 Å². The number of aryl methyl sites for hydroxylation is 1. The van der Waals surface area contributed by atoms with E-state index in [2.05, 4.69) is 63.7 Å². The van der Waals surface area contributed by atoms with E-state index in [1.165, 1.54) is 17.0 Å². The Labute approximate surface area is 137 Å². The van der Waals surface area contributed by atoms with Crippen LogP contribution in [0.25, 0.3) is 5.65 Å². The fourth-order valence-electron chi connectivity index (χ4n) is 3.00. The van der Waals surface area contributed by atoms with E-state index in [1.807, 2.05) is 12.3 Å². The molecule has 0 amide bonds. The third kappa shape index (κ3) is 3.78. The second-order valence-corrected chi connectivity index (χ2v) is 5.91. The second-order valence-electron chi connectivity index (χ2n) is 5.91. The molecule has 2 N–H and O–H groups in total. The standard InChI is InChI=1S/C19H24N4/c1-16-6-5-9-19-21-14-18(23(16)19)15-22(13-11-20)12-10-17-7-3-2-4-8-17/h2-9,14H,10-13,15,20H2,1H3. The highest BCUT2D eigenvalue weighted by Crippen LogP contribution is 2.13. The van der Waals surface area contributed by atoms with Gasteiger partial charge in [0.05, 0.1) is 11.9 Å². The number of aromatic nitrogens is 2. The highest BCUT2D eigenvalue weighted by Gasteiger charge is 2.10. The van der Waals surface area contributed by atoms with E-state index < -0.39 is 0 Å². The van der Waals surface area contributed by atoms with Gasteiger partial charge in [-0.1, -0.05) is 36.4 Å². The number of fused-ring (bicyclic) bond motifs is 1. The average Bonchev–Trinajstić information content (AvgIpc) is 2.98. The number of benzene rings is 1. The summed E-state index contributed by atoms with van der Waals surface area (Å²) in [6, 6.07) is 16.8. The molecule has 0 bridgehead atoms. The highest BCUT2D eigenvalue weighted by molar-refractivity contribution is 5.42. The number of hydrogen-bond donors (Lipinski definition) is 1. The molecule has 0 saturated carbocycles. The van der Waals surface area contributed by atoms with Crippen LogP contribution in [0.2, 0.25) is 0 Å². The van der Waals surface area contributed by atoms with Crippen LogP contribution in [0.4, 0.5) is 0 Å². The zero-order chi connectivity index (χ0) is 16.1. The zero-order valence-corrected chi connectivity index (χ0v) is 13.7. The van der Waals surface area contributed by atoms with E-state index in [0.29, 0.717) is 6.54 Å². The van der Waals surface area contributed by atoms with Gasteiger partial charge in [-0.05, 0) is 31.0 Å². The van der Waals surface area contributed by atoms with Crippen LogP contribution in [-0.2, 0) is 13.0 Å². The summed E-state index contributed by atoms with van der Waals surface area (Å²) in [5, 5.41) is 0. The summed E-state index contributed by atoms with van der Waals surface area (Å²) in [5.41, 5.74) is 10.6. The van der Waals surface area contributed by atoms with Crippen molar-refractivity contribution in [2.45, 2.75) is 19.9 Å². The fraction of sp³-hybridized carbons (Fsp3) is 0.316. The summed E-state index contributed by atoms with van der Waals surface area (Å²) in [6.07, 6.45) is 3.02. The van der Waals surface area contributed by atoms with E-state index in [9.17, 15) is 0 Å². The molecule has 4 heteroatoms. The summed E-state index contributed by atoms with van der Waals surface area (Å²) in [4.78, 5) is 6.92. The van der Waals surface area contributed by atoms with Gasteiger partial charge in [0, 0.05) is 31.9 Å². The Kier molecular flexibility index (Phi) is 5.05. The third-order valence-electron chi connectivity index (χ3n) is 4.19. The Hall–Kier alpha value is -2.17. The Morgan fingerprint density at radius 2 is 1.87 bits per heavy atom. The first-order chi connectivity index (χ1) is 11.3. The lowest BCUT2D eigenvalue weighted by atomic mass is 10.1. The molecule has 0 unspecified atom stereocenters. The Morgan fingerprint density at radius 1 is 1.04 bits per heavy atom. The van der Waals surface area contributed by atoms with Gasteiger partial charge in [-0.15, -0.1) is 0 Å². The van der Waals surface area contributed by atoms with Crippen molar-refractivity contribution >= 4 is 5.65 Å². The molecule has 0 spiro atoms. The molecule has 0 atom stereocenters. The summed E-state index contributed by atoms with van der Waals surface area (Å²) < 4.78 is 2.23. The van der Waals surface area contributed by atoms with E-state index in [1.54, 1.807) is 0 Å². The van der Waals surface area contributed by atoms with E-state index in [-0.39, 0.29) is 0 Å². The molecule has 4 nitrogen and oxygen atoms in total. The van der Waals surface area contributed by atoms with Gasteiger partial charge in [0.2, 0.25) is 0 Å². The highest BCUT2D eigenvalue weighted by atomic mass is 15.2. The van der Waals surface area contributed by atoms with Crippen molar-refractivity contribution < 1.29 is 0 Å². The molecule has 0 fully saturated rings. The molecule has 0 aliphatic rings. The first-order valence-corrected chi connectivity index (χ1v) is 8.16. The molecule has 120 valence electrons. The van der Waals surface area contributed by atoms with Crippen molar-refractivity contribution in [2.75, 3.05) is 19.6 Å². The molecule has 0 saturated heterocycles. The van der Waals surface area contributed by atoms with E-state index in [0.717, 1.165) is 31.7 Å². The lowest BCUT2D eigenvalue weighted by molar-refractivity contribution is 0.272. The van der Waals surface area contributed by atoms with Crippen molar-refractivity contribution in [1.82, 2.24) is 14.3 Å². The van der Waals surface area contributed by atoms with Crippen LogP contribution < -0.4 is 5.73 Å². The smallest absolute Gasteiger partial charge is 0.137 e. The Bertz CT molecular complexity index is 748. The second kappa shape index (κ2) is 7.40. The van der Waals surface area contributed by atoms with Gasteiger partial charge in [0.15, 0.2) is 0 Å². The van der Waals surface area contributed by atoms with Crippen LogP contribution >= 0.6 is 0 Å². The summed E-state index contributed by atoms with van der Waals surface area (Å²) in [5.74, 6) is 0. The van der Waals surface area contributed by atoms with Crippen LogP contribution in [0.5, 0.6) is 0 Å². The predicted molar refractivity (Wildman–Crippen MR) is 94.4 cm³/mol. The summed E-state index contributed by atoms with van der Waals surface area (Å²) in [6.45, 7) is 5.56. The minimum atomic E-state index is 0.671. The largest absolute Gasteiger partial charge is 0.329 e. The SMILES string of the molecule is Cc1cccc2ncc(CN(CCN)CCc3ccccc3)n12. The summed E-state index contributed by atoms with van der Waals surface area (Å²) in [7, 11) is 0. The molecule has 0 radical (unpaired) electrons. The molecule has 0 aliphatic heterocycles. The molecule has 23 heavy (non-hydrogen) atoms. The molecule has 2 aromatic heterocycles. The van der Waals surface area contributed by atoms with Crippen molar-refractivity contribution in [3.8, 4) is 0 Å². The average molecular weight is 308 g/mol. The van der Waals surface area contributed by atoms with Gasteiger partial charge < -0.3 is 10.1 Å². The van der Waals surface area contributed by atoms with Gasteiger partial charge >= 0.3 is 0 Å². The van der Waals surface area contributed by atoms with Gasteiger partial charge in [0.1, 0.15) is 5.65 Å². The van der Waals surface area contributed by atoms with Crippen molar-refractivity contribution in [3.05, 3.63) is 71.7 Å². The molecule has 3 rings (SSSR count). The number of imidazole rings is 1. The lowest BCUT2D eigenvalue weighted by Crippen LogP contribution is -2.31. The molecule has 0 aliphatic carbocycles. The molecular formula is C19H24N4. The molecule has 1 aromatic carbocycles. The normalized spacial score (nSPS) is 11.4. The van der Waals surface area contributed by atoms with E-state index in [4.69, 9.17) is 5.73 Å². The number of nitrogens with zero attached hydrogens (tertiary/aromatic N) is 3. The minimum Gasteiger partial charge on any atom is -0.329 e. The first-order valence-electron chi connectivity index (χ1n) is 8.16.